The minimum absolute atomic E-state index is 0.0978. The lowest BCUT2D eigenvalue weighted by molar-refractivity contribution is -0.127. The van der Waals surface area contributed by atoms with E-state index in [2.05, 4.69) is 10.3 Å². The number of aromatic nitrogens is 1. The van der Waals surface area contributed by atoms with Gasteiger partial charge in [-0.05, 0) is 49.1 Å². The molecule has 2 amide bonds. The predicted octanol–water partition coefficient (Wildman–Crippen LogP) is 2.91. The van der Waals surface area contributed by atoms with Crippen molar-refractivity contribution in [1.29, 1.82) is 0 Å². The smallest absolute Gasteiger partial charge is 0.289 e. The van der Waals surface area contributed by atoms with Gasteiger partial charge in [-0.1, -0.05) is 23.7 Å². The number of aliphatic hydroxyl groups excluding tert-OH is 1. The lowest BCUT2D eigenvalue weighted by Crippen LogP contribution is -2.32. The maximum Gasteiger partial charge on any atom is 0.289 e. The van der Waals surface area contributed by atoms with Crippen molar-refractivity contribution in [3.8, 4) is 5.75 Å². The van der Waals surface area contributed by atoms with Crippen LogP contribution in [0.1, 0.15) is 18.4 Å². The first kappa shape index (κ1) is 21.6. The number of nitrogens with zero attached hydrogens (tertiary/aromatic N) is 2. The summed E-state index contributed by atoms with van der Waals surface area (Å²) >= 11 is 5.87. The molecule has 1 aromatic carbocycles. The highest BCUT2D eigenvalue weighted by atomic mass is 35.5. The van der Waals surface area contributed by atoms with Gasteiger partial charge < -0.3 is 20.1 Å². The molecule has 1 aliphatic rings. The molecule has 0 aliphatic carbocycles. The molecule has 0 saturated heterocycles. The van der Waals surface area contributed by atoms with Crippen molar-refractivity contribution in [1.82, 2.24) is 15.2 Å². The van der Waals surface area contributed by atoms with E-state index in [1.807, 2.05) is 24.3 Å². The van der Waals surface area contributed by atoms with E-state index in [-0.39, 0.29) is 12.1 Å². The quantitative estimate of drug-likeness (QED) is 0.566. The summed E-state index contributed by atoms with van der Waals surface area (Å²) in [5, 5.41) is 13.5. The highest BCUT2D eigenvalue weighted by Gasteiger charge is 2.33. The van der Waals surface area contributed by atoms with Crippen LogP contribution in [0.4, 0.5) is 0 Å². The summed E-state index contributed by atoms with van der Waals surface area (Å²) in [5.41, 5.74) is 1.24. The molecule has 2 aromatic rings. The number of halogens is 1. The fourth-order valence-corrected chi connectivity index (χ4v) is 3.23. The molecule has 3 rings (SSSR count). The Bertz CT molecular complexity index is 900. The van der Waals surface area contributed by atoms with Gasteiger partial charge in [0.1, 0.15) is 5.75 Å². The van der Waals surface area contributed by atoms with Crippen LogP contribution in [0.2, 0.25) is 5.02 Å². The zero-order valence-corrected chi connectivity index (χ0v) is 17.3. The number of pyridine rings is 1. The molecule has 0 spiro atoms. The molecule has 30 heavy (non-hydrogen) atoms. The van der Waals surface area contributed by atoms with Crippen molar-refractivity contribution in [2.75, 3.05) is 26.2 Å². The van der Waals surface area contributed by atoms with Gasteiger partial charge in [0.2, 0.25) is 0 Å². The molecule has 0 fully saturated rings. The number of aryl methyl sites for hydroxylation is 1. The third kappa shape index (κ3) is 5.97. The van der Waals surface area contributed by atoms with Crippen LogP contribution < -0.4 is 10.1 Å². The SMILES string of the molecule is O=C(NCCCc1ccc(Cl)cc1)C1=C(O)C(=O)N(CCCOc2cccnc2)C1. The summed E-state index contributed by atoms with van der Waals surface area (Å²) < 4.78 is 5.55. The van der Waals surface area contributed by atoms with E-state index >= 15 is 0 Å². The van der Waals surface area contributed by atoms with Crippen LogP contribution >= 0.6 is 11.6 Å². The van der Waals surface area contributed by atoms with E-state index in [1.54, 1.807) is 24.5 Å². The minimum atomic E-state index is -0.525. The summed E-state index contributed by atoms with van der Waals surface area (Å²) in [6.45, 7) is 1.34. The Kier molecular flexibility index (Phi) is 7.68. The topological polar surface area (TPSA) is 91.8 Å². The van der Waals surface area contributed by atoms with Crippen molar-refractivity contribution in [2.24, 2.45) is 0 Å². The van der Waals surface area contributed by atoms with Crippen molar-refractivity contribution < 1.29 is 19.4 Å². The van der Waals surface area contributed by atoms with Gasteiger partial charge in [0.25, 0.3) is 11.8 Å². The normalized spacial score (nSPS) is 13.6. The first-order valence-electron chi connectivity index (χ1n) is 9.81. The van der Waals surface area contributed by atoms with E-state index in [0.29, 0.717) is 36.9 Å². The maximum absolute atomic E-state index is 12.4. The Labute approximate surface area is 180 Å². The standard InChI is InChI=1S/C22H24ClN3O4/c23-17-8-6-16(7-9-17)4-1-11-25-21(28)19-15-26(22(29)20(19)27)12-3-13-30-18-5-2-10-24-14-18/h2,5-10,14,27H,1,3-4,11-13,15H2,(H,25,28). The lowest BCUT2D eigenvalue weighted by Gasteiger charge is -2.16. The van der Waals surface area contributed by atoms with E-state index < -0.39 is 17.6 Å². The molecule has 158 valence electrons. The molecule has 0 saturated carbocycles. The first-order chi connectivity index (χ1) is 14.5. The molecule has 1 aliphatic heterocycles. The molecular weight excluding hydrogens is 406 g/mol. The predicted molar refractivity (Wildman–Crippen MR) is 113 cm³/mol. The van der Waals surface area contributed by atoms with E-state index in [0.717, 1.165) is 18.4 Å². The van der Waals surface area contributed by atoms with Crippen LogP contribution in [-0.2, 0) is 16.0 Å². The number of carbonyl (C=O) groups excluding carboxylic acids is 2. The highest BCUT2D eigenvalue weighted by Crippen LogP contribution is 2.18. The van der Waals surface area contributed by atoms with Crippen LogP contribution in [0.3, 0.4) is 0 Å². The van der Waals surface area contributed by atoms with Gasteiger partial charge in [0, 0.05) is 24.3 Å². The number of nitrogens with one attached hydrogen (secondary N) is 1. The van der Waals surface area contributed by atoms with Crippen LogP contribution in [0.15, 0.2) is 60.1 Å². The van der Waals surface area contributed by atoms with Gasteiger partial charge in [-0.3, -0.25) is 14.6 Å². The second-order valence-corrected chi connectivity index (χ2v) is 7.37. The van der Waals surface area contributed by atoms with Crippen molar-refractivity contribution in [2.45, 2.75) is 19.3 Å². The van der Waals surface area contributed by atoms with Crippen LogP contribution in [0.5, 0.6) is 5.75 Å². The zero-order valence-electron chi connectivity index (χ0n) is 16.5. The van der Waals surface area contributed by atoms with Gasteiger partial charge in [-0.2, -0.15) is 0 Å². The number of amides is 2. The third-order valence-electron chi connectivity index (χ3n) is 4.72. The number of hydrogen-bond acceptors (Lipinski definition) is 5. The fourth-order valence-electron chi connectivity index (χ4n) is 3.11. The Morgan fingerprint density at radius 3 is 2.77 bits per heavy atom. The van der Waals surface area contributed by atoms with Gasteiger partial charge in [0.05, 0.1) is 24.9 Å². The van der Waals surface area contributed by atoms with Gasteiger partial charge in [0.15, 0.2) is 5.76 Å². The fraction of sp³-hybridized carbons (Fsp3) is 0.318. The molecule has 0 radical (unpaired) electrons. The Morgan fingerprint density at radius 2 is 2.03 bits per heavy atom. The number of carbonyl (C=O) groups is 2. The number of hydrogen-bond donors (Lipinski definition) is 2. The average Bonchev–Trinajstić information content (AvgIpc) is 3.05. The Morgan fingerprint density at radius 1 is 1.23 bits per heavy atom. The van der Waals surface area contributed by atoms with Gasteiger partial charge in [-0.25, -0.2) is 0 Å². The van der Waals surface area contributed by atoms with E-state index in [9.17, 15) is 14.7 Å². The van der Waals surface area contributed by atoms with E-state index in [4.69, 9.17) is 16.3 Å². The summed E-state index contributed by atoms with van der Waals surface area (Å²) in [7, 11) is 0. The van der Waals surface area contributed by atoms with Crippen LogP contribution in [-0.4, -0.2) is 53.0 Å². The summed E-state index contributed by atoms with van der Waals surface area (Å²) in [6, 6.07) is 11.1. The maximum atomic E-state index is 12.4. The molecule has 7 nitrogen and oxygen atoms in total. The van der Waals surface area contributed by atoms with Crippen molar-refractivity contribution in [3.63, 3.8) is 0 Å². The van der Waals surface area contributed by atoms with Crippen molar-refractivity contribution in [3.05, 3.63) is 70.7 Å². The molecular formula is C22H24ClN3O4. The number of rotatable bonds is 10. The van der Waals surface area contributed by atoms with Crippen LogP contribution in [0, 0.1) is 0 Å². The monoisotopic (exact) mass is 429 g/mol. The summed E-state index contributed by atoms with van der Waals surface area (Å²) in [6.07, 6.45) is 5.39. The Hall–Kier alpha value is -3.06. The molecule has 8 heteroatoms. The minimum Gasteiger partial charge on any atom is -0.503 e. The number of benzene rings is 1. The molecule has 0 bridgehead atoms. The van der Waals surface area contributed by atoms with Gasteiger partial charge in [-0.15, -0.1) is 0 Å². The molecule has 2 heterocycles. The molecule has 1 aromatic heterocycles. The second-order valence-electron chi connectivity index (χ2n) is 6.93. The first-order valence-corrected chi connectivity index (χ1v) is 10.2. The molecule has 2 N–H and O–H groups in total. The summed E-state index contributed by atoms with van der Waals surface area (Å²) in [5.74, 6) is -0.753. The van der Waals surface area contributed by atoms with Gasteiger partial charge >= 0.3 is 0 Å². The zero-order chi connectivity index (χ0) is 21.3. The number of ether oxygens (including phenoxy) is 1. The second kappa shape index (κ2) is 10.6. The largest absolute Gasteiger partial charge is 0.503 e. The van der Waals surface area contributed by atoms with Crippen LogP contribution in [0.25, 0.3) is 0 Å². The number of aliphatic hydroxyl groups is 1. The molecule has 0 unspecified atom stereocenters. The highest BCUT2D eigenvalue weighted by molar-refractivity contribution is 6.30. The van der Waals surface area contributed by atoms with E-state index in [1.165, 1.54) is 4.90 Å². The lowest BCUT2D eigenvalue weighted by atomic mass is 10.1. The average molecular weight is 430 g/mol. The van der Waals surface area contributed by atoms with Crippen molar-refractivity contribution >= 4 is 23.4 Å². The third-order valence-corrected chi connectivity index (χ3v) is 4.97. The Balaban J connectivity index is 1.38. The summed E-state index contributed by atoms with van der Waals surface area (Å²) in [4.78, 5) is 30.0. The molecule has 0 atom stereocenters.